The van der Waals surface area contributed by atoms with E-state index >= 15 is 0 Å². The van der Waals surface area contributed by atoms with Crippen LogP contribution in [0.25, 0.3) is 11.7 Å². The first kappa shape index (κ1) is 22.6. The standard InChI is InChI=1S/C20H30N4O5/c1-11(2)10-13(15(25)12(3)23-27)18(26)21-16(20(4,5)6)17-22-19(29-24-17)14-8-7-9-28-14/h7-9,11,13,15-16,23,25,27H,3,10H2,1-2,4-6H3,(H,21,26)/t13-,15-,16-/m1/s1. The maximum Gasteiger partial charge on any atom is 0.293 e. The van der Waals surface area contributed by atoms with Gasteiger partial charge in [-0.3, -0.25) is 15.5 Å². The Kier molecular flexibility index (Phi) is 7.21. The lowest BCUT2D eigenvalue weighted by molar-refractivity contribution is -0.130. The van der Waals surface area contributed by atoms with Crippen LogP contribution in [0.5, 0.6) is 0 Å². The third kappa shape index (κ3) is 5.68. The van der Waals surface area contributed by atoms with Crippen LogP contribution in [0.1, 0.15) is 52.9 Å². The fraction of sp³-hybridized carbons (Fsp3) is 0.550. The lowest BCUT2D eigenvalue weighted by Gasteiger charge is -2.32. The molecule has 9 nitrogen and oxygen atoms in total. The van der Waals surface area contributed by atoms with Crippen molar-refractivity contribution in [2.75, 3.05) is 0 Å². The van der Waals surface area contributed by atoms with Gasteiger partial charge in [0.1, 0.15) is 6.10 Å². The second-order valence-electron chi connectivity index (χ2n) is 8.56. The molecule has 1 amide bonds. The van der Waals surface area contributed by atoms with E-state index in [1.807, 2.05) is 40.1 Å². The zero-order chi connectivity index (χ0) is 21.8. The summed E-state index contributed by atoms with van der Waals surface area (Å²) in [5.74, 6) is -0.133. The summed E-state index contributed by atoms with van der Waals surface area (Å²) < 4.78 is 10.6. The molecule has 0 radical (unpaired) electrons. The molecule has 2 rings (SSSR count). The van der Waals surface area contributed by atoms with Crippen molar-refractivity contribution in [3.8, 4) is 11.7 Å². The van der Waals surface area contributed by atoms with Gasteiger partial charge in [0.2, 0.25) is 5.91 Å². The SMILES string of the molecule is C=C(NO)[C@@H](O)[C@@H](CC(C)C)C(=O)N[C@H](c1noc(-c2ccco2)n1)C(C)(C)C. The van der Waals surface area contributed by atoms with Gasteiger partial charge in [-0.25, -0.2) is 0 Å². The fourth-order valence-corrected chi connectivity index (χ4v) is 2.97. The van der Waals surface area contributed by atoms with E-state index in [1.54, 1.807) is 12.1 Å². The molecule has 2 aromatic rings. The minimum atomic E-state index is -1.26. The van der Waals surface area contributed by atoms with E-state index in [2.05, 4.69) is 22.0 Å². The first-order chi connectivity index (χ1) is 13.5. The Bertz CT molecular complexity index is 807. The number of aromatic nitrogens is 2. The van der Waals surface area contributed by atoms with E-state index in [0.29, 0.717) is 18.0 Å². The number of rotatable bonds is 9. The molecular formula is C20H30N4O5. The van der Waals surface area contributed by atoms with Gasteiger partial charge in [0.25, 0.3) is 5.89 Å². The Hall–Kier alpha value is -2.65. The molecule has 0 aromatic carbocycles. The summed E-state index contributed by atoms with van der Waals surface area (Å²) >= 11 is 0. The maximum atomic E-state index is 13.1. The summed E-state index contributed by atoms with van der Waals surface area (Å²) in [5.41, 5.74) is 1.34. The van der Waals surface area contributed by atoms with Crippen LogP contribution in [-0.2, 0) is 4.79 Å². The highest BCUT2D eigenvalue weighted by Gasteiger charge is 2.37. The Morgan fingerprint density at radius 2 is 2.03 bits per heavy atom. The van der Waals surface area contributed by atoms with Gasteiger partial charge in [0, 0.05) is 0 Å². The predicted molar refractivity (Wildman–Crippen MR) is 105 cm³/mol. The molecule has 2 aromatic heterocycles. The minimum absolute atomic E-state index is 0.0437. The summed E-state index contributed by atoms with van der Waals surface area (Å²) in [6, 6.07) is 2.83. The average Bonchev–Trinajstić information content (AvgIpc) is 3.32. The molecule has 2 heterocycles. The van der Waals surface area contributed by atoms with Gasteiger partial charge in [0.15, 0.2) is 11.6 Å². The molecule has 0 bridgehead atoms. The number of nitrogens with zero attached hydrogens (tertiary/aromatic N) is 2. The number of furan rings is 1. The molecule has 0 saturated heterocycles. The smallest absolute Gasteiger partial charge is 0.293 e. The van der Waals surface area contributed by atoms with E-state index in [1.165, 1.54) is 6.26 Å². The van der Waals surface area contributed by atoms with Gasteiger partial charge in [0.05, 0.1) is 23.9 Å². The third-order valence-corrected chi connectivity index (χ3v) is 4.53. The van der Waals surface area contributed by atoms with Crippen molar-refractivity contribution >= 4 is 5.91 Å². The molecule has 160 valence electrons. The molecule has 29 heavy (non-hydrogen) atoms. The zero-order valence-corrected chi connectivity index (χ0v) is 17.5. The Balaban J connectivity index is 2.28. The van der Waals surface area contributed by atoms with E-state index in [0.717, 1.165) is 0 Å². The molecular weight excluding hydrogens is 376 g/mol. The van der Waals surface area contributed by atoms with Gasteiger partial charge < -0.3 is 19.4 Å². The molecule has 0 unspecified atom stereocenters. The van der Waals surface area contributed by atoms with Crippen molar-refractivity contribution < 1.29 is 24.0 Å². The van der Waals surface area contributed by atoms with Crippen LogP contribution in [0.4, 0.5) is 0 Å². The van der Waals surface area contributed by atoms with Crippen molar-refractivity contribution in [1.29, 1.82) is 0 Å². The van der Waals surface area contributed by atoms with Crippen LogP contribution >= 0.6 is 0 Å². The molecule has 0 fully saturated rings. The molecule has 0 aliphatic carbocycles. The number of hydroxylamine groups is 1. The zero-order valence-electron chi connectivity index (χ0n) is 17.5. The maximum absolute atomic E-state index is 13.1. The van der Waals surface area contributed by atoms with Crippen LogP contribution in [-0.4, -0.2) is 32.5 Å². The van der Waals surface area contributed by atoms with E-state index in [9.17, 15) is 9.90 Å². The van der Waals surface area contributed by atoms with E-state index < -0.39 is 29.4 Å². The number of aliphatic hydroxyl groups excluding tert-OH is 1. The van der Waals surface area contributed by atoms with Crippen molar-refractivity contribution in [3.05, 3.63) is 36.5 Å². The quantitative estimate of drug-likeness (QED) is 0.467. The summed E-state index contributed by atoms with van der Waals surface area (Å²) in [6.07, 6.45) is 0.642. The van der Waals surface area contributed by atoms with Crippen molar-refractivity contribution in [2.24, 2.45) is 17.3 Å². The van der Waals surface area contributed by atoms with Gasteiger partial charge in [-0.05, 0) is 29.9 Å². The normalized spacial score (nSPS) is 15.0. The molecule has 0 aliphatic heterocycles. The molecule has 0 aliphatic rings. The Labute approximate surface area is 170 Å². The van der Waals surface area contributed by atoms with Crippen molar-refractivity contribution in [3.63, 3.8) is 0 Å². The third-order valence-electron chi connectivity index (χ3n) is 4.53. The number of carbonyl (C=O) groups excluding carboxylic acids is 1. The van der Waals surface area contributed by atoms with E-state index in [-0.39, 0.29) is 17.5 Å². The summed E-state index contributed by atoms with van der Waals surface area (Å²) in [7, 11) is 0. The topological polar surface area (TPSA) is 134 Å². The second-order valence-corrected chi connectivity index (χ2v) is 8.56. The molecule has 9 heteroatoms. The predicted octanol–water partition coefficient (Wildman–Crippen LogP) is 3.05. The first-order valence-electron chi connectivity index (χ1n) is 9.49. The molecule has 0 spiro atoms. The van der Waals surface area contributed by atoms with Gasteiger partial charge in [-0.15, -0.1) is 0 Å². The Morgan fingerprint density at radius 3 is 2.55 bits per heavy atom. The Morgan fingerprint density at radius 1 is 1.34 bits per heavy atom. The highest BCUT2D eigenvalue weighted by molar-refractivity contribution is 5.80. The molecule has 0 saturated carbocycles. The minimum Gasteiger partial charge on any atom is -0.459 e. The van der Waals surface area contributed by atoms with Crippen molar-refractivity contribution in [2.45, 2.75) is 53.2 Å². The van der Waals surface area contributed by atoms with Crippen molar-refractivity contribution in [1.82, 2.24) is 20.9 Å². The second kappa shape index (κ2) is 9.23. The summed E-state index contributed by atoms with van der Waals surface area (Å²) in [5, 5.41) is 26.5. The van der Waals surface area contributed by atoms with Crippen LogP contribution < -0.4 is 10.8 Å². The highest BCUT2D eigenvalue weighted by atomic mass is 16.5. The lowest BCUT2D eigenvalue weighted by Crippen LogP contribution is -2.45. The van der Waals surface area contributed by atoms with Crippen LogP contribution in [0, 0.1) is 17.3 Å². The molecule has 4 N–H and O–H groups in total. The fourth-order valence-electron chi connectivity index (χ4n) is 2.97. The first-order valence-corrected chi connectivity index (χ1v) is 9.49. The van der Waals surface area contributed by atoms with E-state index in [4.69, 9.17) is 14.1 Å². The van der Waals surface area contributed by atoms with Crippen LogP contribution in [0.3, 0.4) is 0 Å². The molecule has 3 atom stereocenters. The summed E-state index contributed by atoms with van der Waals surface area (Å²) in [4.78, 5) is 17.5. The number of hydrogen-bond donors (Lipinski definition) is 4. The highest BCUT2D eigenvalue weighted by Crippen LogP contribution is 2.33. The van der Waals surface area contributed by atoms with Crippen LogP contribution in [0.15, 0.2) is 39.6 Å². The van der Waals surface area contributed by atoms with Gasteiger partial charge >= 0.3 is 0 Å². The number of nitrogens with one attached hydrogen (secondary N) is 2. The largest absolute Gasteiger partial charge is 0.459 e. The average molecular weight is 406 g/mol. The number of hydrogen-bond acceptors (Lipinski definition) is 8. The lowest BCUT2D eigenvalue weighted by atomic mass is 9.84. The van der Waals surface area contributed by atoms with Crippen LogP contribution in [0.2, 0.25) is 0 Å². The monoisotopic (exact) mass is 406 g/mol. The van der Waals surface area contributed by atoms with Gasteiger partial charge in [-0.2, -0.15) is 4.98 Å². The number of carbonyl (C=O) groups is 1. The van der Waals surface area contributed by atoms with Gasteiger partial charge in [-0.1, -0.05) is 46.4 Å². The number of amides is 1. The summed E-state index contributed by atoms with van der Waals surface area (Å²) in [6.45, 7) is 13.2. The number of aliphatic hydroxyl groups is 1.